The molecule has 2 aliphatic heterocycles. The average Bonchev–Trinajstić information content (AvgIpc) is 3.24. The van der Waals surface area contributed by atoms with Gasteiger partial charge in [0, 0.05) is 56.3 Å². The van der Waals surface area contributed by atoms with Crippen LogP contribution in [0.3, 0.4) is 0 Å². The quantitative estimate of drug-likeness (QED) is 0.407. The van der Waals surface area contributed by atoms with Crippen LogP contribution in [-0.2, 0) is 27.6 Å². The van der Waals surface area contributed by atoms with Gasteiger partial charge in [0.2, 0.25) is 11.8 Å². The number of nitrogens with zero attached hydrogens (tertiary/aromatic N) is 3. The van der Waals surface area contributed by atoms with Gasteiger partial charge in [-0.1, -0.05) is 18.1 Å². The number of imide groups is 1. The molecule has 202 valence electrons. The summed E-state index contributed by atoms with van der Waals surface area (Å²) >= 11 is 0. The number of aryl methyl sites for hydroxylation is 1. The van der Waals surface area contributed by atoms with Crippen molar-refractivity contribution in [1.82, 2.24) is 20.0 Å². The van der Waals surface area contributed by atoms with Gasteiger partial charge in [0.05, 0.1) is 17.2 Å². The third-order valence-electron chi connectivity index (χ3n) is 6.97. The van der Waals surface area contributed by atoms with Crippen molar-refractivity contribution in [1.29, 1.82) is 0 Å². The highest BCUT2D eigenvalue weighted by Gasteiger charge is 2.33. The number of fused-ring (bicyclic) bond motifs is 1. The molecule has 0 saturated carbocycles. The summed E-state index contributed by atoms with van der Waals surface area (Å²) < 4.78 is 46.1. The van der Waals surface area contributed by atoms with Gasteiger partial charge in [-0.25, -0.2) is 0 Å². The molecule has 2 fully saturated rings. The van der Waals surface area contributed by atoms with E-state index >= 15 is 0 Å². The topological polar surface area (TPSA) is 93.5 Å². The molecule has 1 unspecified atom stereocenters. The summed E-state index contributed by atoms with van der Waals surface area (Å²) in [7, 11) is 1.78. The second-order valence-electron chi connectivity index (χ2n) is 9.60. The van der Waals surface area contributed by atoms with Gasteiger partial charge >= 0.3 is 6.18 Å². The third kappa shape index (κ3) is 5.60. The lowest BCUT2D eigenvalue weighted by Gasteiger charge is -2.31. The molecule has 2 saturated heterocycles. The zero-order chi connectivity index (χ0) is 27.7. The molecule has 3 aromatic rings. The minimum absolute atomic E-state index is 0.156. The minimum Gasteiger partial charge on any atom is -0.488 e. The predicted octanol–water partition coefficient (Wildman–Crippen LogP) is 3.53. The first-order valence-corrected chi connectivity index (χ1v) is 12.5. The van der Waals surface area contributed by atoms with E-state index in [4.69, 9.17) is 4.74 Å². The number of amides is 3. The lowest BCUT2D eigenvalue weighted by Crippen LogP contribution is -2.41. The largest absolute Gasteiger partial charge is 0.488 e. The maximum atomic E-state index is 12.7. The van der Waals surface area contributed by atoms with E-state index in [1.165, 1.54) is 12.1 Å². The number of para-hydroxylation sites is 1. The van der Waals surface area contributed by atoms with Crippen LogP contribution >= 0.6 is 0 Å². The Hall–Kier alpha value is -4.33. The van der Waals surface area contributed by atoms with Crippen molar-refractivity contribution in [3.63, 3.8) is 0 Å². The monoisotopic (exact) mass is 538 g/mol. The maximum Gasteiger partial charge on any atom is 0.416 e. The highest BCUT2D eigenvalue weighted by molar-refractivity contribution is 6.03. The number of hydrogen-bond acceptors (Lipinski definition) is 5. The molecule has 11 heteroatoms. The summed E-state index contributed by atoms with van der Waals surface area (Å²) in [5, 5.41) is 7.75. The van der Waals surface area contributed by atoms with Crippen molar-refractivity contribution in [2.45, 2.75) is 43.9 Å². The number of halogens is 3. The lowest BCUT2D eigenvalue weighted by atomic mass is 9.93. The predicted molar refractivity (Wildman–Crippen MR) is 134 cm³/mol. The summed E-state index contributed by atoms with van der Waals surface area (Å²) in [5.74, 6) is 4.23. The smallest absolute Gasteiger partial charge is 0.416 e. The number of likely N-dealkylation sites (tertiary alicyclic amines) is 1. The Kier molecular flexibility index (Phi) is 7.04. The summed E-state index contributed by atoms with van der Waals surface area (Å²) in [6, 6.07) is 9.92. The number of alkyl halides is 3. The fraction of sp³-hybridized carbons (Fsp3) is 0.357. The molecule has 1 N–H and O–H groups in total. The summed E-state index contributed by atoms with van der Waals surface area (Å²) in [4.78, 5) is 38.1. The number of aromatic nitrogens is 2. The van der Waals surface area contributed by atoms with E-state index in [2.05, 4.69) is 22.3 Å². The van der Waals surface area contributed by atoms with Gasteiger partial charge in [-0.3, -0.25) is 24.4 Å². The van der Waals surface area contributed by atoms with Gasteiger partial charge in [-0.15, -0.1) is 0 Å². The average molecular weight is 539 g/mol. The Labute approximate surface area is 222 Å². The van der Waals surface area contributed by atoms with Crippen LogP contribution in [0.25, 0.3) is 10.9 Å². The first kappa shape index (κ1) is 26.3. The highest BCUT2D eigenvalue weighted by Crippen LogP contribution is 2.35. The van der Waals surface area contributed by atoms with E-state index in [-0.39, 0.29) is 24.3 Å². The van der Waals surface area contributed by atoms with Crippen LogP contribution in [-0.4, -0.2) is 51.6 Å². The molecule has 39 heavy (non-hydrogen) atoms. The van der Waals surface area contributed by atoms with Gasteiger partial charge in [0.25, 0.3) is 5.91 Å². The minimum atomic E-state index is -4.42. The van der Waals surface area contributed by atoms with Crippen LogP contribution in [0.4, 0.5) is 13.2 Å². The normalized spacial score (nSPS) is 18.5. The summed E-state index contributed by atoms with van der Waals surface area (Å²) in [5.41, 5.74) is 0.916. The van der Waals surface area contributed by atoms with Crippen LogP contribution in [0, 0.1) is 11.8 Å². The second-order valence-corrected chi connectivity index (χ2v) is 9.60. The van der Waals surface area contributed by atoms with E-state index < -0.39 is 23.6 Å². The molecular weight excluding hydrogens is 513 g/mol. The molecule has 3 heterocycles. The van der Waals surface area contributed by atoms with Crippen LogP contribution in [0.15, 0.2) is 42.5 Å². The third-order valence-corrected chi connectivity index (χ3v) is 6.97. The van der Waals surface area contributed by atoms with E-state index in [1.807, 2.05) is 18.2 Å². The van der Waals surface area contributed by atoms with Crippen LogP contribution in [0.5, 0.6) is 5.75 Å². The maximum absolute atomic E-state index is 12.7. The number of rotatable bonds is 3. The molecule has 5 rings (SSSR count). The van der Waals surface area contributed by atoms with Crippen LogP contribution < -0.4 is 10.1 Å². The van der Waals surface area contributed by atoms with Crippen molar-refractivity contribution >= 4 is 28.6 Å². The zero-order valence-electron chi connectivity index (χ0n) is 21.0. The molecule has 1 aromatic heterocycles. The fourth-order valence-corrected chi connectivity index (χ4v) is 4.94. The fourth-order valence-electron chi connectivity index (χ4n) is 4.94. The van der Waals surface area contributed by atoms with Gasteiger partial charge in [-0.2, -0.15) is 18.3 Å². The molecule has 1 atom stereocenters. The van der Waals surface area contributed by atoms with Crippen molar-refractivity contribution in [2.75, 3.05) is 13.1 Å². The van der Waals surface area contributed by atoms with E-state index in [0.29, 0.717) is 49.4 Å². The Balaban J connectivity index is 1.22. The molecule has 2 aliphatic rings. The Morgan fingerprint density at radius 1 is 1.08 bits per heavy atom. The Morgan fingerprint density at radius 2 is 1.79 bits per heavy atom. The number of hydrogen-bond donors (Lipinski definition) is 1. The van der Waals surface area contributed by atoms with Crippen LogP contribution in [0.2, 0.25) is 0 Å². The Morgan fingerprint density at radius 3 is 2.46 bits per heavy atom. The van der Waals surface area contributed by atoms with Gasteiger partial charge in [0.1, 0.15) is 17.4 Å². The second kappa shape index (κ2) is 10.4. The SMILES string of the molecule is Cn1nc(C2CCC(=O)NC2=O)c2cccc(OC3CCN(C(=O)C#Cc4ccc(C(F)(F)F)cc4)CC3)c21. The number of piperidine rings is 2. The van der Waals surface area contributed by atoms with Gasteiger partial charge < -0.3 is 9.64 Å². The standard InChI is InChI=1S/C28H25F3N4O4/c1-34-26-20(25(33-34)21-10-11-23(36)32-27(21)38)3-2-4-22(26)39-19-13-15-35(16-14-19)24(37)12-7-17-5-8-18(9-6-17)28(29,30)31/h2-6,8-9,19,21H,10-11,13-16H2,1H3,(H,32,36,38). The molecule has 8 nitrogen and oxygen atoms in total. The summed E-state index contributed by atoms with van der Waals surface area (Å²) in [6.45, 7) is 0.849. The number of carbonyl (C=O) groups excluding carboxylic acids is 3. The van der Waals surface area contributed by atoms with Gasteiger partial charge in [-0.05, 0) is 36.8 Å². The zero-order valence-corrected chi connectivity index (χ0v) is 21.0. The van der Waals surface area contributed by atoms with E-state index in [1.54, 1.807) is 16.6 Å². The van der Waals surface area contributed by atoms with Crippen molar-refractivity contribution in [3.05, 3.63) is 59.3 Å². The molecule has 2 aromatic carbocycles. The molecular formula is C28H25F3N4O4. The molecule has 0 spiro atoms. The first-order valence-electron chi connectivity index (χ1n) is 12.5. The number of ether oxygens (including phenoxy) is 1. The van der Waals surface area contributed by atoms with Crippen LogP contribution in [0.1, 0.15) is 48.4 Å². The number of nitrogens with one attached hydrogen (secondary N) is 1. The van der Waals surface area contributed by atoms with Crippen molar-refractivity contribution < 1.29 is 32.3 Å². The lowest BCUT2D eigenvalue weighted by molar-refractivity contribution is -0.138. The number of benzene rings is 2. The first-order chi connectivity index (χ1) is 18.6. The molecule has 0 radical (unpaired) electrons. The van der Waals surface area contributed by atoms with E-state index in [9.17, 15) is 27.6 Å². The highest BCUT2D eigenvalue weighted by atomic mass is 19.4. The van der Waals surface area contributed by atoms with Gasteiger partial charge in [0.15, 0.2) is 0 Å². The van der Waals surface area contributed by atoms with E-state index in [0.717, 1.165) is 23.0 Å². The number of carbonyl (C=O) groups is 3. The summed E-state index contributed by atoms with van der Waals surface area (Å²) in [6.07, 6.45) is -2.78. The van der Waals surface area contributed by atoms with Crippen molar-refractivity contribution in [3.8, 4) is 17.6 Å². The molecule has 3 amide bonds. The molecule has 0 bridgehead atoms. The molecule has 0 aliphatic carbocycles. The van der Waals surface area contributed by atoms with Crippen molar-refractivity contribution in [2.24, 2.45) is 7.05 Å². The Bertz CT molecular complexity index is 1490.